The minimum atomic E-state index is -0.246. The zero-order chi connectivity index (χ0) is 16.8. The molecule has 4 heteroatoms. The van der Waals surface area contributed by atoms with E-state index in [-0.39, 0.29) is 23.1 Å². The van der Waals surface area contributed by atoms with Crippen LogP contribution < -0.4 is 0 Å². The lowest BCUT2D eigenvalue weighted by Gasteiger charge is -2.47. The van der Waals surface area contributed by atoms with Gasteiger partial charge in [0.2, 0.25) is 0 Å². The van der Waals surface area contributed by atoms with Gasteiger partial charge in [0.25, 0.3) is 0 Å². The van der Waals surface area contributed by atoms with Crippen LogP contribution in [0.5, 0.6) is 0 Å². The predicted molar refractivity (Wildman–Crippen MR) is 90.2 cm³/mol. The molecule has 0 N–H and O–H groups in total. The number of esters is 1. The van der Waals surface area contributed by atoms with Gasteiger partial charge in [-0.15, -0.1) is 0 Å². The SMILES string of the molecule is C=C(C)C(=O)OCC12CCC(C1)C1CCCC12COC1CCCO1. The Balaban J connectivity index is 1.51. The molecule has 0 aromatic heterocycles. The van der Waals surface area contributed by atoms with Crippen molar-refractivity contribution >= 4 is 5.97 Å². The molecular formula is C20H30O4. The van der Waals surface area contributed by atoms with Gasteiger partial charge in [-0.1, -0.05) is 13.0 Å². The first-order valence-electron chi connectivity index (χ1n) is 9.62. The molecule has 0 aromatic rings. The molecule has 4 nitrogen and oxygen atoms in total. The largest absolute Gasteiger partial charge is 0.462 e. The summed E-state index contributed by atoms with van der Waals surface area (Å²) in [6.45, 7) is 7.59. The average molecular weight is 334 g/mol. The van der Waals surface area contributed by atoms with Crippen molar-refractivity contribution in [2.24, 2.45) is 22.7 Å². The molecule has 2 bridgehead atoms. The highest BCUT2D eigenvalue weighted by atomic mass is 16.7. The number of ether oxygens (including phenoxy) is 3. The van der Waals surface area contributed by atoms with E-state index in [9.17, 15) is 4.79 Å². The Hall–Kier alpha value is -0.870. The van der Waals surface area contributed by atoms with E-state index < -0.39 is 0 Å². The molecule has 4 fully saturated rings. The predicted octanol–water partition coefficient (Wildman–Crippen LogP) is 3.85. The van der Waals surface area contributed by atoms with Crippen LogP contribution in [-0.4, -0.2) is 32.1 Å². The lowest BCUT2D eigenvalue weighted by atomic mass is 9.60. The molecule has 4 rings (SSSR count). The van der Waals surface area contributed by atoms with E-state index in [0.29, 0.717) is 12.2 Å². The lowest BCUT2D eigenvalue weighted by Crippen LogP contribution is -2.48. The van der Waals surface area contributed by atoms with Crippen molar-refractivity contribution < 1.29 is 19.0 Å². The van der Waals surface area contributed by atoms with Gasteiger partial charge in [-0.05, 0) is 57.3 Å². The summed E-state index contributed by atoms with van der Waals surface area (Å²) in [5.74, 6) is 1.30. The van der Waals surface area contributed by atoms with Gasteiger partial charge in [0.05, 0.1) is 13.2 Å². The Kier molecular flexibility index (Phi) is 4.24. The van der Waals surface area contributed by atoms with Gasteiger partial charge in [-0.25, -0.2) is 4.79 Å². The van der Waals surface area contributed by atoms with Crippen LogP contribution >= 0.6 is 0 Å². The van der Waals surface area contributed by atoms with E-state index in [1.807, 2.05) is 0 Å². The molecule has 4 aliphatic rings. The molecule has 1 saturated heterocycles. The van der Waals surface area contributed by atoms with Crippen molar-refractivity contribution in [2.45, 2.75) is 64.6 Å². The summed E-state index contributed by atoms with van der Waals surface area (Å²) in [5, 5.41) is 0. The molecule has 1 heterocycles. The summed E-state index contributed by atoms with van der Waals surface area (Å²) in [6.07, 6.45) is 9.58. The van der Waals surface area contributed by atoms with Crippen LogP contribution in [0.2, 0.25) is 0 Å². The first kappa shape index (κ1) is 16.6. The highest BCUT2D eigenvalue weighted by molar-refractivity contribution is 5.86. The third kappa shape index (κ3) is 2.45. The van der Waals surface area contributed by atoms with Crippen molar-refractivity contribution in [3.8, 4) is 0 Å². The number of hydrogen-bond donors (Lipinski definition) is 0. The Morgan fingerprint density at radius 2 is 2.08 bits per heavy atom. The van der Waals surface area contributed by atoms with E-state index in [2.05, 4.69) is 6.58 Å². The Morgan fingerprint density at radius 1 is 1.21 bits per heavy atom. The van der Waals surface area contributed by atoms with Gasteiger partial charge in [0, 0.05) is 29.4 Å². The van der Waals surface area contributed by atoms with Crippen LogP contribution in [0.25, 0.3) is 0 Å². The summed E-state index contributed by atoms with van der Waals surface area (Å²) in [7, 11) is 0. The highest BCUT2D eigenvalue weighted by Gasteiger charge is 2.68. The molecule has 24 heavy (non-hydrogen) atoms. The fourth-order valence-corrected chi connectivity index (χ4v) is 6.26. The second-order valence-electron chi connectivity index (χ2n) is 8.55. The van der Waals surface area contributed by atoms with E-state index in [4.69, 9.17) is 14.2 Å². The van der Waals surface area contributed by atoms with Gasteiger partial charge < -0.3 is 14.2 Å². The van der Waals surface area contributed by atoms with Crippen LogP contribution in [0.1, 0.15) is 58.3 Å². The standard InChI is InChI=1S/C20H30O4/c1-14(2)18(21)24-12-19-9-7-15(11-19)16-5-3-8-20(16,19)13-23-17-6-4-10-22-17/h15-17H,1,3-13H2,2H3. The third-order valence-corrected chi connectivity index (χ3v) is 7.36. The van der Waals surface area contributed by atoms with Crippen molar-refractivity contribution in [3.05, 3.63) is 12.2 Å². The Labute approximate surface area is 144 Å². The fraction of sp³-hybridized carbons (Fsp3) is 0.850. The quantitative estimate of drug-likeness (QED) is 0.547. The summed E-state index contributed by atoms with van der Waals surface area (Å²) in [5.41, 5.74) is 0.798. The molecule has 3 saturated carbocycles. The normalized spacial score (nSPS) is 43.1. The summed E-state index contributed by atoms with van der Waals surface area (Å²) in [6, 6.07) is 0. The van der Waals surface area contributed by atoms with Gasteiger partial charge >= 0.3 is 5.97 Å². The van der Waals surface area contributed by atoms with Crippen LogP contribution in [0.15, 0.2) is 12.2 Å². The average Bonchev–Trinajstić information content (AvgIpc) is 3.31. The zero-order valence-electron chi connectivity index (χ0n) is 14.9. The van der Waals surface area contributed by atoms with E-state index in [0.717, 1.165) is 37.9 Å². The van der Waals surface area contributed by atoms with Gasteiger partial charge in [0.15, 0.2) is 6.29 Å². The van der Waals surface area contributed by atoms with Gasteiger partial charge in [-0.2, -0.15) is 0 Å². The smallest absolute Gasteiger partial charge is 0.333 e. The number of fused-ring (bicyclic) bond motifs is 5. The summed E-state index contributed by atoms with van der Waals surface area (Å²) in [4.78, 5) is 12.0. The molecule has 3 aliphatic carbocycles. The second kappa shape index (κ2) is 6.14. The number of carbonyl (C=O) groups excluding carboxylic acids is 1. The Bertz CT molecular complexity index is 524. The van der Waals surface area contributed by atoms with Crippen LogP contribution in [-0.2, 0) is 19.0 Å². The van der Waals surface area contributed by atoms with Crippen molar-refractivity contribution in [1.82, 2.24) is 0 Å². The maximum atomic E-state index is 12.0. The van der Waals surface area contributed by atoms with E-state index in [1.165, 1.54) is 38.5 Å². The highest BCUT2D eigenvalue weighted by Crippen LogP contribution is 2.72. The number of carbonyl (C=O) groups is 1. The fourth-order valence-electron chi connectivity index (χ4n) is 6.26. The minimum Gasteiger partial charge on any atom is -0.462 e. The molecule has 0 aromatic carbocycles. The molecule has 134 valence electrons. The van der Waals surface area contributed by atoms with Crippen molar-refractivity contribution in [2.75, 3.05) is 19.8 Å². The zero-order valence-corrected chi connectivity index (χ0v) is 14.9. The molecule has 0 amide bonds. The summed E-state index contributed by atoms with van der Waals surface area (Å²) >= 11 is 0. The molecular weight excluding hydrogens is 304 g/mol. The van der Waals surface area contributed by atoms with Gasteiger partial charge in [0.1, 0.15) is 0 Å². The summed E-state index contributed by atoms with van der Waals surface area (Å²) < 4.78 is 17.6. The van der Waals surface area contributed by atoms with Crippen molar-refractivity contribution in [3.63, 3.8) is 0 Å². The molecule has 0 spiro atoms. The number of rotatable bonds is 6. The first-order valence-corrected chi connectivity index (χ1v) is 9.62. The van der Waals surface area contributed by atoms with Crippen molar-refractivity contribution in [1.29, 1.82) is 0 Å². The third-order valence-electron chi connectivity index (χ3n) is 7.36. The monoisotopic (exact) mass is 334 g/mol. The first-order chi connectivity index (χ1) is 11.6. The van der Waals surface area contributed by atoms with Crippen LogP contribution in [0.3, 0.4) is 0 Å². The van der Waals surface area contributed by atoms with Crippen LogP contribution in [0.4, 0.5) is 0 Å². The maximum absolute atomic E-state index is 12.0. The molecule has 5 atom stereocenters. The topological polar surface area (TPSA) is 44.8 Å². The van der Waals surface area contributed by atoms with Crippen LogP contribution in [0, 0.1) is 22.7 Å². The molecule has 5 unspecified atom stereocenters. The Morgan fingerprint density at radius 3 is 2.83 bits per heavy atom. The lowest BCUT2D eigenvalue weighted by molar-refractivity contribution is -0.173. The van der Waals surface area contributed by atoms with Gasteiger partial charge in [-0.3, -0.25) is 0 Å². The minimum absolute atomic E-state index is 0.0187. The van der Waals surface area contributed by atoms with E-state index >= 15 is 0 Å². The molecule has 1 aliphatic heterocycles. The number of hydrogen-bond acceptors (Lipinski definition) is 4. The second-order valence-corrected chi connectivity index (χ2v) is 8.55. The molecule has 0 radical (unpaired) electrons. The maximum Gasteiger partial charge on any atom is 0.333 e. The van der Waals surface area contributed by atoms with E-state index in [1.54, 1.807) is 6.92 Å².